The van der Waals surface area contributed by atoms with E-state index in [1.54, 1.807) is 0 Å². The number of nitrogens with zero attached hydrogens (tertiary/aromatic N) is 3. The van der Waals surface area contributed by atoms with Gasteiger partial charge in [0.15, 0.2) is 0 Å². The van der Waals surface area contributed by atoms with Gasteiger partial charge in [-0.25, -0.2) is 4.68 Å². The third-order valence-electron chi connectivity index (χ3n) is 1.85. The summed E-state index contributed by atoms with van der Waals surface area (Å²) in [5.41, 5.74) is 1.20. The van der Waals surface area contributed by atoms with Crippen molar-refractivity contribution in [2.45, 2.75) is 34.1 Å². The molecule has 15 heavy (non-hydrogen) atoms. The van der Waals surface area contributed by atoms with E-state index in [4.69, 9.17) is 0 Å². The van der Waals surface area contributed by atoms with Crippen LogP contribution in [0, 0.1) is 6.92 Å². The highest BCUT2D eigenvalue weighted by Crippen LogP contribution is 2.16. The number of allylic oxidation sites excluding steroid dienone is 1. The Morgan fingerprint density at radius 3 is 2.47 bits per heavy atom. The topological polar surface area (TPSA) is 21.1 Å². The van der Waals surface area contributed by atoms with Crippen molar-refractivity contribution >= 4 is 12.0 Å². The minimum atomic E-state index is 1.03. The molecular formula is C12H23N3. The zero-order valence-corrected chi connectivity index (χ0v) is 10.8. The van der Waals surface area contributed by atoms with Gasteiger partial charge in [-0.2, -0.15) is 5.10 Å². The van der Waals surface area contributed by atoms with E-state index in [1.807, 2.05) is 45.0 Å². The molecule has 86 valence electrons. The fraction of sp³-hybridized carbons (Fsp3) is 0.583. The summed E-state index contributed by atoms with van der Waals surface area (Å²) in [4.78, 5) is 2.07. The minimum Gasteiger partial charge on any atom is -0.362 e. The third-order valence-corrected chi connectivity index (χ3v) is 1.85. The quantitative estimate of drug-likeness (QED) is 0.762. The van der Waals surface area contributed by atoms with Crippen LogP contribution in [-0.2, 0) is 0 Å². The van der Waals surface area contributed by atoms with Gasteiger partial charge in [0.25, 0.3) is 0 Å². The van der Waals surface area contributed by atoms with Crippen LogP contribution in [0.5, 0.6) is 0 Å². The Morgan fingerprint density at radius 2 is 2.00 bits per heavy atom. The Morgan fingerprint density at radius 1 is 1.40 bits per heavy atom. The van der Waals surface area contributed by atoms with Crippen LogP contribution in [0.4, 0.5) is 5.82 Å². The van der Waals surface area contributed by atoms with Gasteiger partial charge in [-0.1, -0.05) is 26.8 Å². The molecule has 1 aromatic heterocycles. The van der Waals surface area contributed by atoms with Crippen LogP contribution in [0.15, 0.2) is 12.3 Å². The standard InChI is InChI=1S/C10H17N3.C2H6/c1-5-6-7-13-10(12(3)4)9(2)8-11-13;1-2/h6-8H,5H2,1-4H3;1-2H3/b7-6-;. The SMILES string of the molecule is CC.CC/C=C\n1ncc(C)c1N(C)C. The Kier molecular flexibility index (Phi) is 6.50. The number of rotatable bonds is 3. The lowest BCUT2D eigenvalue weighted by molar-refractivity contribution is 0.894. The highest BCUT2D eigenvalue weighted by Gasteiger charge is 2.06. The van der Waals surface area contributed by atoms with E-state index in [9.17, 15) is 0 Å². The zero-order chi connectivity index (χ0) is 11.8. The van der Waals surface area contributed by atoms with Crippen molar-refractivity contribution in [3.05, 3.63) is 17.8 Å². The smallest absolute Gasteiger partial charge is 0.134 e. The van der Waals surface area contributed by atoms with Gasteiger partial charge < -0.3 is 4.90 Å². The average Bonchev–Trinajstić information content (AvgIpc) is 2.59. The number of aryl methyl sites for hydroxylation is 1. The first-order valence-electron chi connectivity index (χ1n) is 5.55. The predicted octanol–water partition coefficient (Wildman–Crippen LogP) is 3.16. The van der Waals surface area contributed by atoms with E-state index in [1.165, 1.54) is 5.56 Å². The first-order valence-corrected chi connectivity index (χ1v) is 5.55. The largest absolute Gasteiger partial charge is 0.362 e. The number of hydrogen-bond donors (Lipinski definition) is 0. The lowest BCUT2D eigenvalue weighted by Gasteiger charge is -2.13. The van der Waals surface area contributed by atoms with Crippen LogP contribution in [0.3, 0.4) is 0 Å². The van der Waals surface area contributed by atoms with Gasteiger partial charge >= 0.3 is 0 Å². The maximum atomic E-state index is 4.26. The van der Waals surface area contributed by atoms with Crippen molar-refractivity contribution in [3.63, 3.8) is 0 Å². The van der Waals surface area contributed by atoms with Crippen molar-refractivity contribution in [3.8, 4) is 0 Å². The normalized spacial score (nSPS) is 10.0. The summed E-state index contributed by atoms with van der Waals surface area (Å²) < 4.78 is 1.90. The second-order valence-electron chi connectivity index (χ2n) is 3.28. The number of aromatic nitrogens is 2. The molecule has 0 atom stereocenters. The summed E-state index contributed by atoms with van der Waals surface area (Å²) in [6.07, 6.45) is 7.02. The van der Waals surface area contributed by atoms with E-state index in [-0.39, 0.29) is 0 Å². The van der Waals surface area contributed by atoms with Crippen molar-refractivity contribution in [2.75, 3.05) is 19.0 Å². The minimum absolute atomic E-state index is 1.03. The molecular weight excluding hydrogens is 186 g/mol. The first-order chi connectivity index (χ1) is 7.16. The summed E-state index contributed by atoms with van der Waals surface area (Å²) in [6.45, 7) is 8.18. The van der Waals surface area contributed by atoms with Gasteiger partial charge in [0.05, 0.1) is 6.20 Å². The van der Waals surface area contributed by atoms with Crippen LogP contribution in [0.25, 0.3) is 6.20 Å². The van der Waals surface area contributed by atoms with Crippen LogP contribution in [0.2, 0.25) is 0 Å². The molecule has 0 N–H and O–H groups in total. The summed E-state index contributed by atoms with van der Waals surface area (Å²) in [7, 11) is 4.06. The fourth-order valence-corrected chi connectivity index (χ4v) is 1.31. The molecule has 0 saturated carbocycles. The van der Waals surface area contributed by atoms with Gasteiger partial charge in [0.1, 0.15) is 5.82 Å². The Balaban J connectivity index is 0.000000921. The van der Waals surface area contributed by atoms with Gasteiger partial charge in [-0.3, -0.25) is 0 Å². The number of anilines is 1. The van der Waals surface area contributed by atoms with E-state index in [0.717, 1.165) is 12.2 Å². The molecule has 0 aliphatic carbocycles. The van der Waals surface area contributed by atoms with Crippen molar-refractivity contribution in [1.82, 2.24) is 9.78 Å². The lowest BCUT2D eigenvalue weighted by Crippen LogP contribution is -2.13. The molecule has 1 rings (SSSR count). The van der Waals surface area contributed by atoms with Crippen LogP contribution in [-0.4, -0.2) is 23.9 Å². The van der Waals surface area contributed by atoms with Crippen molar-refractivity contribution < 1.29 is 0 Å². The molecule has 3 heteroatoms. The first kappa shape index (κ1) is 13.8. The lowest BCUT2D eigenvalue weighted by atomic mass is 10.3. The summed E-state index contributed by atoms with van der Waals surface area (Å²) in [5, 5.41) is 4.26. The maximum absolute atomic E-state index is 4.26. The van der Waals surface area contributed by atoms with Crippen molar-refractivity contribution in [2.24, 2.45) is 0 Å². The molecule has 0 aliphatic heterocycles. The fourth-order valence-electron chi connectivity index (χ4n) is 1.31. The van der Waals surface area contributed by atoms with E-state index < -0.39 is 0 Å². The van der Waals surface area contributed by atoms with Gasteiger partial charge in [-0.05, 0) is 13.3 Å². The molecule has 0 spiro atoms. The molecule has 0 unspecified atom stereocenters. The van der Waals surface area contributed by atoms with Crippen molar-refractivity contribution in [1.29, 1.82) is 0 Å². The molecule has 0 aliphatic rings. The van der Waals surface area contributed by atoms with Crippen LogP contribution < -0.4 is 4.90 Å². The molecule has 0 bridgehead atoms. The molecule has 3 nitrogen and oxygen atoms in total. The van der Waals surface area contributed by atoms with E-state index in [2.05, 4.69) is 29.9 Å². The summed E-state index contributed by atoms with van der Waals surface area (Å²) >= 11 is 0. The second-order valence-corrected chi connectivity index (χ2v) is 3.28. The molecule has 1 heterocycles. The Labute approximate surface area is 93.4 Å². The van der Waals surface area contributed by atoms with Crippen LogP contribution >= 0.6 is 0 Å². The summed E-state index contributed by atoms with van der Waals surface area (Å²) in [5.74, 6) is 1.14. The summed E-state index contributed by atoms with van der Waals surface area (Å²) in [6, 6.07) is 0. The molecule has 0 saturated heterocycles. The van der Waals surface area contributed by atoms with E-state index in [0.29, 0.717) is 0 Å². The molecule has 0 radical (unpaired) electrons. The highest BCUT2D eigenvalue weighted by molar-refractivity contribution is 5.49. The molecule has 0 amide bonds. The van der Waals surface area contributed by atoms with Crippen LogP contribution in [0.1, 0.15) is 32.8 Å². The monoisotopic (exact) mass is 209 g/mol. The second kappa shape index (κ2) is 7.10. The zero-order valence-electron chi connectivity index (χ0n) is 10.8. The molecule has 0 fully saturated rings. The van der Waals surface area contributed by atoms with Gasteiger partial charge in [0, 0.05) is 25.9 Å². The molecule has 1 aromatic rings. The Bertz CT molecular complexity index is 298. The number of hydrogen-bond acceptors (Lipinski definition) is 2. The highest BCUT2D eigenvalue weighted by atomic mass is 15.3. The van der Waals surface area contributed by atoms with E-state index >= 15 is 0 Å². The average molecular weight is 209 g/mol. The van der Waals surface area contributed by atoms with Gasteiger partial charge in [0.2, 0.25) is 0 Å². The third kappa shape index (κ3) is 3.78. The Hall–Kier alpha value is -1.25. The predicted molar refractivity (Wildman–Crippen MR) is 68.3 cm³/mol. The maximum Gasteiger partial charge on any atom is 0.134 e. The molecule has 0 aromatic carbocycles. The van der Waals surface area contributed by atoms with Gasteiger partial charge in [-0.15, -0.1) is 0 Å².